The average Bonchev–Trinajstić information content (AvgIpc) is 3.11. The van der Waals surface area contributed by atoms with Crippen LogP contribution in [0.25, 0.3) is 0 Å². The molecule has 1 saturated carbocycles. The summed E-state index contributed by atoms with van der Waals surface area (Å²) in [5.41, 5.74) is 0.0178. The lowest BCUT2D eigenvalue weighted by molar-refractivity contribution is -0.136. The van der Waals surface area contributed by atoms with E-state index in [1.165, 1.54) is 25.7 Å². The van der Waals surface area contributed by atoms with E-state index in [2.05, 4.69) is 10.2 Å². The van der Waals surface area contributed by atoms with Gasteiger partial charge in [-0.1, -0.05) is 6.07 Å². The van der Waals surface area contributed by atoms with Crippen molar-refractivity contribution in [2.24, 2.45) is 11.8 Å². The van der Waals surface area contributed by atoms with Crippen molar-refractivity contribution in [1.82, 2.24) is 15.1 Å². The Balaban J connectivity index is 1.22. The number of piperidine rings is 2. The van der Waals surface area contributed by atoms with Gasteiger partial charge in [-0.05, 0) is 74.5 Å². The minimum atomic E-state index is -1.06. The standard InChI is InChI=1S/C27H35N3O6/c1-36-16-18-4-2-17(3-5-18)15-29-12-10-27(35,11-13-29)19-6-7-20-21(14-19)26(34)30(25(20)33)22-8-9-23(31)28-24(22)32/h6-7,14,17-18,22,35H,2-5,8-13,15-16H2,1H3,(H,28,31,32). The van der Waals surface area contributed by atoms with Crippen molar-refractivity contribution < 1.29 is 29.0 Å². The summed E-state index contributed by atoms with van der Waals surface area (Å²) in [6.45, 7) is 3.46. The Bertz CT molecular complexity index is 1060. The Hall–Kier alpha value is -2.62. The summed E-state index contributed by atoms with van der Waals surface area (Å²) in [6.07, 6.45) is 6.20. The molecule has 0 spiro atoms. The van der Waals surface area contributed by atoms with Crippen molar-refractivity contribution in [3.05, 3.63) is 34.9 Å². The van der Waals surface area contributed by atoms with E-state index in [1.807, 2.05) is 0 Å². The summed E-state index contributed by atoms with van der Waals surface area (Å²) in [5.74, 6) is -0.736. The van der Waals surface area contributed by atoms with Crippen molar-refractivity contribution in [3.8, 4) is 0 Å². The van der Waals surface area contributed by atoms with Gasteiger partial charge in [0.05, 0.1) is 16.7 Å². The minimum Gasteiger partial charge on any atom is -0.385 e. The van der Waals surface area contributed by atoms with Gasteiger partial charge in [0.2, 0.25) is 11.8 Å². The minimum absolute atomic E-state index is 0.0832. The van der Waals surface area contributed by atoms with Gasteiger partial charge in [0.25, 0.3) is 11.8 Å². The highest BCUT2D eigenvalue weighted by Gasteiger charge is 2.45. The molecule has 1 unspecified atom stereocenters. The summed E-state index contributed by atoms with van der Waals surface area (Å²) in [7, 11) is 1.77. The number of aliphatic hydroxyl groups is 1. The Morgan fingerprint density at radius 1 is 0.972 bits per heavy atom. The van der Waals surface area contributed by atoms with Crippen LogP contribution in [-0.4, -0.2) is 77.9 Å². The Kier molecular flexibility index (Phi) is 6.98. The summed E-state index contributed by atoms with van der Waals surface area (Å²) in [4.78, 5) is 53.3. The van der Waals surface area contributed by atoms with Gasteiger partial charge in [0.15, 0.2) is 0 Å². The fourth-order valence-corrected chi connectivity index (χ4v) is 6.34. The van der Waals surface area contributed by atoms with E-state index in [0.717, 1.165) is 31.1 Å². The van der Waals surface area contributed by atoms with E-state index in [0.29, 0.717) is 30.2 Å². The predicted molar refractivity (Wildman–Crippen MR) is 130 cm³/mol. The van der Waals surface area contributed by atoms with Gasteiger partial charge >= 0.3 is 0 Å². The molecule has 194 valence electrons. The third-order valence-electron chi connectivity index (χ3n) is 8.55. The molecule has 2 N–H and O–H groups in total. The molecule has 1 aliphatic carbocycles. The Labute approximate surface area is 211 Å². The molecule has 3 aliphatic heterocycles. The molecule has 1 aromatic rings. The van der Waals surface area contributed by atoms with Crippen LogP contribution in [0.1, 0.15) is 77.6 Å². The molecule has 4 amide bonds. The van der Waals surface area contributed by atoms with Crippen molar-refractivity contribution in [2.75, 3.05) is 33.4 Å². The maximum absolute atomic E-state index is 13.2. The number of carbonyl (C=O) groups excluding carboxylic acids is 4. The number of rotatable bonds is 6. The molecule has 4 aliphatic rings. The summed E-state index contributed by atoms with van der Waals surface area (Å²) in [6, 6.07) is 3.94. The van der Waals surface area contributed by atoms with Crippen LogP contribution in [0.15, 0.2) is 18.2 Å². The first kappa shape index (κ1) is 25.0. The van der Waals surface area contributed by atoms with E-state index < -0.39 is 35.3 Å². The van der Waals surface area contributed by atoms with Gasteiger partial charge in [0.1, 0.15) is 6.04 Å². The van der Waals surface area contributed by atoms with Crippen LogP contribution in [0.4, 0.5) is 0 Å². The van der Waals surface area contributed by atoms with E-state index in [1.54, 1.807) is 25.3 Å². The maximum Gasteiger partial charge on any atom is 0.262 e. The van der Waals surface area contributed by atoms with Gasteiger partial charge < -0.3 is 14.7 Å². The van der Waals surface area contributed by atoms with Crippen molar-refractivity contribution in [1.29, 1.82) is 0 Å². The van der Waals surface area contributed by atoms with Crippen molar-refractivity contribution in [2.45, 2.75) is 63.0 Å². The molecule has 1 aromatic carbocycles. The predicted octanol–water partition coefficient (Wildman–Crippen LogP) is 1.82. The number of benzene rings is 1. The highest BCUT2D eigenvalue weighted by molar-refractivity contribution is 6.23. The SMILES string of the molecule is COCC1CCC(CN2CCC(O)(c3ccc4c(c3)C(=O)N(C3CCC(=O)NC3=O)C4=O)CC2)CC1. The molecular formula is C27H35N3O6. The second kappa shape index (κ2) is 10.0. The Morgan fingerprint density at radius 2 is 1.64 bits per heavy atom. The molecule has 9 heteroatoms. The largest absolute Gasteiger partial charge is 0.385 e. The lowest BCUT2D eigenvalue weighted by Gasteiger charge is -2.40. The third-order valence-corrected chi connectivity index (χ3v) is 8.55. The van der Waals surface area contributed by atoms with Gasteiger partial charge in [-0.15, -0.1) is 0 Å². The van der Waals surface area contributed by atoms with Crippen LogP contribution in [0.5, 0.6) is 0 Å². The summed E-state index contributed by atoms with van der Waals surface area (Å²) >= 11 is 0. The number of carbonyl (C=O) groups is 4. The van der Waals surface area contributed by atoms with Crippen LogP contribution in [-0.2, 0) is 19.9 Å². The fourth-order valence-electron chi connectivity index (χ4n) is 6.34. The highest BCUT2D eigenvalue weighted by atomic mass is 16.5. The first-order valence-corrected chi connectivity index (χ1v) is 13.1. The zero-order valence-electron chi connectivity index (χ0n) is 20.8. The van der Waals surface area contributed by atoms with Crippen LogP contribution in [0.2, 0.25) is 0 Å². The molecule has 2 saturated heterocycles. The van der Waals surface area contributed by atoms with Crippen LogP contribution < -0.4 is 5.32 Å². The topological polar surface area (TPSA) is 116 Å². The molecule has 3 fully saturated rings. The van der Waals surface area contributed by atoms with Crippen molar-refractivity contribution >= 4 is 23.6 Å². The number of ether oxygens (including phenoxy) is 1. The number of methoxy groups -OCH3 is 1. The zero-order chi connectivity index (χ0) is 25.4. The summed E-state index contributed by atoms with van der Waals surface area (Å²) < 4.78 is 5.31. The molecule has 0 aromatic heterocycles. The number of hydrogen-bond acceptors (Lipinski definition) is 7. The molecule has 0 bridgehead atoms. The van der Waals surface area contributed by atoms with Gasteiger partial charge in [0, 0.05) is 39.8 Å². The third kappa shape index (κ3) is 4.71. The normalized spacial score (nSPS) is 28.8. The smallest absolute Gasteiger partial charge is 0.262 e. The molecule has 3 heterocycles. The number of amides is 4. The molecule has 9 nitrogen and oxygen atoms in total. The van der Waals surface area contributed by atoms with Gasteiger partial charge in [-0.2, -0.15) is 0 Å². The number of imide groups is 2. The molecular weight excluding hydrogens is 462 g/mol. The lowest BCUT2D eigenvalue weighted by Crippen LogP contribution is -2.54. The highest BCUT2D eigenvalue weighted by Crippen LogP contribution is 2.37. The van der Waals surface area contributed by atoms with Crippen LogP contribution in [0.3, 0.4) is 0 Å². The van der Waals surface area contributed by atoms with Gasteiger partial charge in [-0.25, -0.2) is 0 Å². The van der Waals surface area contributed by atoms with Gasteiger partial charge in [-0.3, -0.25) is 29.4 Å². The monoisotopic (exact) mass is 497 g/mol. The maximum atomic E-state index is 13.2. The first-order valence-electron chi connectivity index (χ1n) is 13.1. The first-order chi connectivity index (χ1) is 17.3. The number of nitrogens with zero attached hydrogens (tertiary/aromatic N) is 2. The lowest BCUT2D eigenvalue weighted by atomic mass is 9.80. The van der Waals surface area contributed by atoms with Crippen molar-refractivity contribution in [3.63, 3.8) is 0 Å². The number of hydrogen-bond donors (Lipinski definition) is 2. The number of fused-ring (bicyclic) bond motifs is 1. The fraction of sp³-hybridized carbons (Fsp3) is 0.630. The van der Waals surface area contributed by atoms with Crippen LogP contribution in [0, 0.1) is 11.8 Å². The molecule has 0 radical (unpaired) electrons. The molecule has 5 rings (SSSR count). The number of likely N-dealkylation sites (tertiary alicyclic amines) is 1. The second-order valence-corrected chi connectivity index (χ2v) is 10.9. The zero-order valence-corrected chi connectivity index (χ0v) is 20.8. The second-order valence-electron chi connectivity index (χ2n) is 10.9. The summed E-state index contributed by atoms with van der Waals surface area (Å²) in [5, 5.41) is 13.7. The molecule has 36 heavy (non-hydrogen) atoms. The van der Waals surface area contributed by atoms with Crippen LogP contribution >= 0.6 is 0 Å². The quantitative estimate of drug-likeness (QED) is 0.576. The number of nitrogens with one attached hydrogen (secondary N) is 1. The van der Waals surface area contributed by atoms with E-state index in [9.17, 15) is 24.3 Å². The molecule has 1 atom stereocenters. The Morgan fingerprint density at radius 3 is 2.31 bits per heavy atom. The average molecular weight is 498 g/mol. The van der Waals surface area contributed by atoms with E-state index >= 15 is 0 Å². The van der Waals surface area contributed by atoms with E-state index in [-0.39, 0.29) is 24.0 Å². The van der Waals surface area contributed by atoms with E-state index in [4.69, 9.17) is 4.74 Å².